The smallest absolute Gasteiger partial charge is 0.0954 e. The van der Waals surface area contributed by atoms with E-state index in [4.69, 9.17) is 0 Å². The Morgan fingerprint density at radius 1 is 1.21 bits per heavy atom. The lowest BCUT2D eigenvalue weighted by Crippen LogP contribution is -1.87. The molecule has 0 aliphatic carbocycles. The number of aryl methyl sites for hydroxylation is 2. The molecule has 0 amide bonds. The molecular formula is C12H14N2. The average molecular weight is 186 g/mol. The molecule has 2 heteroatoms. The fourth-order valence-corrected chi connectivity index (χ4v) is 1.64. The highest BCUT2D eigenvalue weighted by Crippen LogP contribution is 2.21. The maximum absolute atomic E-state index is 4.47. The van der Waals surface area contributed by atoms with Crippen molar-refractivity contribution in [1.29, 1.82) is 0 Å². The quantitative estimate of drug-likeness (QED) is 0.705. The Kier molecular flexibility index (Phi) is 2.35. The first-order valence-corrected chi connectivity index (χ1v) is 4.89. The van der Waals surface area contributed by atoms with Gasteiger partial charge < -0.3 is 0 Å². The zero-order chi connectivity index (χ0) is 9.97. The minimum Gasteiger partial charge on any atom is -0.275 e. The van der Waals surface area contributed by atoms with Crippen LogP contribution in [0.3, 0.4) is 0 Å². The van der Waals surface area contributed by atoms with E-state index in [2.05, 4.69) is 30.4 Å². The van der Waals surface area contributed by atoms with Gasteiger partial charge in [0.15, 0.2) is 0 Å². The molecular weight excluding hydrogens is 172 g/mol. The van der Waals surface area contributed by atoms with Crippen LogP contribution in [-0.4, -0.2) is 9.78 Å². The predicted octanol–water partition coefficient (Wildman–Crippen LogP) is 2.65. The van der Waals surface area contributed by atoms with E-state index in [0.717, 1.165) is 12.1 Å². The number of hydrogen-bond donors (Lipinski definition) is 0. The van der Waals surface area contributed by atoms with Gasteiger partial charge >= 0.3 is 0 Å². The van der Waals surface area contributed by atoms with E-state index in [-0.39, 0.29) is 0 Å². The number of hydrogen-bond acceptors (Lipinski definition) is 1. The van der Waals surface area contributed by atoms with E-state index >= 15 is 0 Å². The number of aromatic nitrogens is 2. The zero-order valence-electron chi connectivity index (χ0n) is 8.57. The van der Waals surface area contributed by atoms with Crippen molar-refractivity contribution in [1.82, 2.24) is 9.78 Å². The molecule has 0 radical (unpaired) electrons. The molecule has 72 valence electrons. The zero-order valence-corrected chi connectivity index (χ0v) is 8.57. The molecule has 0 aliphatic rings. The molecule has 2 aromatic rings. The van der Waals surface area contributed by atoms with Crippen molar-refractivity contribution in [3.05, 3.63) is 42.1 Å². The summed E-state index contributed by atoms with van der Waals surface area (Å²) in [5.74, 6) is 0. The highest BCUT2D eigenvalue weighted by atomic mass is 15.2. The number of rotatable bonds is 2. The summed E-state index contributed by atoms with van der Waals surface area (Å²) in [5, 5.41) is 4.47. The lowest BCUT2D eigenvalue weighted by molar-refractivity contribution is 0.770. The maximum Gasteiger partial charge on any atom is 0.0954 e. The highest BCUT2D eigenvalue weighted by molar-refractivity contribution is 5.62. The van der Waals surface area contributed by atoms with Crippen LogP contribution in [0.5, 0.6) is 0 Å². The van der Waals surface area contributed by atoms with Gasteiger partial charge in [-0.1, -0.05) is 37.3 Å². The highest BCUT2D eigenvalue weighted by Gasteiger charge is 2.06. The van der Waals surface area contributed by atoms with E-state index < -0.39 is 0 Å². The van der Waals surface area contributed by atoms with E-state index in [9.17, 15) is 0 Å². The second-order valence-electron chi connectivity index (χ2n) is 3.40. The number of nitrogens with zero attached hydrogens (tertiary/aromatic N) is 2. The van der Waals surface area contributed by atoms with E-state index in [1.54, 1.807) is 0 Å². The topological polar surface area (TPSA) is 17.8 Å². The fraction of sp³-hybridized carbons (Fsp3) is 0.250. The molecule has 1 aromatic carbocycles. The molecule has 1 aromatic heterocycles. The first-order chi connectivity index (χ1) is 6.81. The molecule has 0 spiro atoms. The van der Waals surface area contributed by atoms with Crippen molar-refractivity contribution in [2.45, 2.75) is 13.3 Å². The van der Waals surface area contributed by atoms with Gasteiger partial charge in [0.05, 0.1) is 5.69 Å². The van der Waals surface area contributed by atoms with Gasteiger partial charge in [0.2, 0.25) is 0 Å². The van der Waals surface area contributed by atoms with Gasteiger partial charge in [0.1, 0.15) is 0 Å². The van der Waals surface area contributed by atoms with Crippen molar-refractivity contribution in [2.24, 2.45) is 7.05 Å². The molecule has 0 saturated heterocycles. The van der Waals surface area contributed by atoms with Crippen molar-refractivity contribution in [3.8, 4) is 11.3 Å². The number of benzene rings is 1. The second-order valence-corrected chi connectivity index (χ2v) is 3.40. The molecule has 1 heterocycles. The van der Waals surface area contributed by atoms with E-state index in [1.807, 2.05) is 29.9 Å². The monoisotopic (exact) mass is 186 g/mol. The van der Waals surface area contributed by atoms with Gasteiger partial charge in [-0.25, -0.2) is 0 Å². The minimum atomic E-state index is 1.03. The second kappa shape index (κ2) is 3.66. The molecule has 0 bridgehead atoms. The average Bonchev–Trinajstić information content (AvgIpc) is 2.61. The Labute approximate surface area is 84.2 Å². The predicted molar refractivity (Wildman–Crippen MR) is 58.0 cm³/mol. The molecule has 0 N–H and O–H groups in total. The summed E-state index contributed by atoms with van der Waals surface area (Å²) in [6.07, 6.45) is 3.11. The van der Waals surface area contributed by atoms with Crippen LogP contribution in [-0.2, 0) is 13.5 Å². The van der Waals surface area contributed by atoms with Crippen LogP contribution in [0.15, 0.2) is 36.5 Å². The lowest BCUT2D eigenvalue weighted by atomic mass is 10.1. The van der Waals surface area contributed by atoms with Crippen LogP contribution in [0, 0.1) is 0 Å². The van der Waals surface area contributed by atoms with Gasteiger partial charge in [0, 0.05) is 18.8 Å². The summed E-state index contributed by atoms with van der Waals surface area (Å²) in [4.78, 5) is 0. The Bertz CT molecular complexity index is 415. The van der Waals surface area contributed by atoms with Crippen LogP contribution >= 0.6 is 0 Å². The third-order valence-corrected chi connectivity index (χ3v) is 2.33. The standard InChI is InChI=1S/C12H14N2/c1-3-10-9-14(2)13-12(10)11-7-5-4-6-8-11/h4-9H,3H2,1-2H3. The van der Waals surface area contributed by atoms with E-state index in [0.29, 0.717) is 0 Å². The third kappa shape index (κ3) is 1.55. The molecule has 2 rings (SSSR count). The molecule has 0 saturated carbocycles. The summed E-state index contributed by atoms with van der Waals surface area (Å²) in [6, 6.07) is 10.3. The van der Waals surface area contributed by atoms with Crippen molar-refractivity contribution < 1.29 is 0 Å². The maximum atomic E-state index is 4.47. The largest absolute Gasteiger partial charge is 0.275 e. The third-order valence-electron chi connectivity index (χ3n) is 2.33. The van der Waals surface area contributed by atoms with Crippen molar-refractivity contribution in [2.75, 3.05) is 0 Å². The summed E-state index contributed by atoms with van der Waals surface area (Å²) < 4.78 is 1.88. The van der Waals surface area contributed by atoms with Crippen LogP contribution in [0.4, 0.5) is 0 Å². The first kappa shape index (κ1) is 9.00. The summed E-state index contributed by atoms with van der Waals surface area (Å²) in [7, 11) is 1.96. The lowest BCUT2D eigenvalue weighted by Gasteiger charge is -1.98. The summed E-state index contributed by atoms with van der Waals surface area (Å²) >= 11 is 0. The van der Waals surface area contributed by atoms with Crippen LogP contribution in [0.2, 0.25) is 0 Å². The van der Waals surface area contributed by atoms with E-state index in [1.165, 1.54) is 11.1 Å². The normalized spacial score (nSPS) is 10.4. The minimum absolute atomic E-state index is 1.03. The summed E-state index contributed by atoms with van der Waals surface area (Å²) in [6.45, 7) is 2.16. The first-order valence-electron chi connectivity index (χ1n) is 4.89. The van der Waals surface area contributed by atoms with Gasteiger partial charge in [-0.3, -0.25) is 4.68 Å². The van der Waals surface area contributed by atoms with Crippen molar-refractivity contribution in [3.63, 3.8) is 0 Å². The summed E-state index contributed by atoms with van der Waals surface area (Å²) in [5.41, 5.74) is 3.61. The van der Waals surface area contributed by atoms with Gasteiger partial charge in [0.25, 0.3) is 0 Å². The Morgan fingerprint density at radius 2 is 1.93 bits per heavy atom. The van der Waals surface area contributed by atoms with Gasteiger partial charge in [-0.15, -0.1) is 0 Å². The Morgan fingerprint density at radius 3 is 2.57 bits per heavy atom. The molecule has 14 heavy (non-hydrogen) atoms. The molecule has 2 nitrogen and oxygen atoms in total. The molecule has 0 fully saturated rings. The Hall–Kier alpha value is -1.57. The van der Waals surface area contributed by atoms with Gasteiger partial charge in [-0.05, 0) is 12.0 Å². The van der Waals surface area contributed by atoms with Crippen LogP contribution in [0.1, 0.15) is 12.5 Å². The van der Waals surface area contributed by atoms with Crippen LogP contribution in [0.25, 0.3) is 11.3 Å². The SMILES string of the molecule is CCc1cn(C)nc1-c1ccccc1. The van der Waals surface area contributed by atoms with Crippen LogP contribution < -0.4 is 0 Å². The fourth-order valence-electron chi connectivity index (χ4n) is 1.64. The van der Waals surface area contributed by atoms with Gasteiger partial charge in [-0.2, -0.15) is 5.10 Å². The van der Waals surface area contributed by atoms with Crippen molar-refractivity contribution >= 4 is 0 Å². The Balaban J connectivity index is 2.51. The molecule has 0 aliphatic heterocycles. The molecule has 0 unspecified atom stereocenters. The molecule has 0 atom stereocenters.